The molecular weight excluding hydrogens is 294 g/mol. The predicted octanol–water partition coefficient (Wildman–Crippen LogP) is 4.49. The van der Waals surface area contributed by atoms with Crippen molar-refractivity contribution in [1.82, 2.24) is 5.32 Å². The van der Waals surface area contributed by atoms with E-state index < -0.39 is 0 Å². The Morgan fingerprint density at radius 1 is 1.41 bits per heavy atom. The van der Waals surface area contributed by atoms with Crippen LogP contribution < -0.4 is 5.32 Å². The van der Waals surface area contributed by atoms with Crippen LogP contribution in [0.3, 0.4) is 0 Å². The fourth-order valence-electron chi connectivity index (χ4n) is 1.46. The highest BCUT2D eigenvalue weighted by atomic mass is 79.9. The molecule has 1 aromatic carbocycles. The lowest BCUT2D eigenvalue weighted by Gasteiger charge is -2.16. The Morgan fingerprint density at radius 3 is 2.59 bits per heavy atom. The van der Waals surface area contributed by atoms with Crippen molar-refractivity contribution in [2.45, 2.75) is 30.7 Å². The van der Waals surface area contributed by atoms with Gasteiger partial charge in [0, 0.05) is 21.2 Å². The fourth-order valence-corrected chi connectivity index (χ4v) is 2.74. The number of benzene rings is 1. The number of thioether (sulfide) groups is 1. The Kier molecular flexibility index (Phi) is 6.93. The van der Waals surface area contributed by atoms with E-state index in [1.54, 1.807) is 0 Å². The summed E-state index contributed by atoms with van der Waals surface area (Å²) in [5.41, 5.74) is 1.32. The molecule has 0 aliphatic rings. The second-order valence-electron chi connectivity index (χ2n) is 4.06. The van der Waals surface area contributed by atoms with E-state index in [1.165, 1.54) is 10.5 Å². The van der Waals surface area contributed by atoms with Gasteiger partial charge < -0.3 is 5.32 Å². The van der Waals surface area contributed by atoms with Gasteiger partial charge in [-0.1, -0.05) is 35.0 Å². The van der Waals surface area contributed by atoms with E-state index in [9.17, 15) is 0 Å². The van der Waals surface area contributed by atoms with E-state index in [1.807, 2.05) is 18.8 Å². The molecule has 1 aromatic rings. The molecule has 0 amide bonds. The van der Waals surface area contributed by atoms with Gasteiger partial charge in [-0.15, -0.1) is 11.8 Å². The monoisotopic (exact) mass is 313 g/mol. The standard InChI is InChI=1S/C14H20BrNS/c1-4-11(2)9-13(16-3)10-17-14-7-5-12(15)6-8-14/h5-8,13,16H,2,4,9-10H2,1,3H3. The zero-order valence-electron chi connectivity index (χ0n) is 10.5. The van der Waals surface area contributed by atoms with Gasteiger partial charge >= 0.3 is 0 Å². The normalized spacial score (nSPS) is 12.4. The molecule has 0 aromatic heterocycles. The lowest BCUT2D eigenvalue weighted by atomic mass is 10.1. The molecule has 0 spiro atoms. The van der Waals surface area contributed by atoms with Crippen LogP contribution in [0.2, 0.25) is 0 Å². The summed E-state index contributed by atoms with van der Waals surface area (Å²) in [6.07, 6.45) is 2.14. The van der Waals surface area contributed by atoms with Crippen LogP contribution in [-0.4, -0.2) is 18.8 Å². The maximum Gasteiger partial charge on any atom is 0.0195 e. The average molecular weight is 314 g/mol. The smallest absolute Gasteiger partial charge is 0.0195 e. The van der Waals surface area contributed by atoms with Crippen molar-refractivity contribution < 1.29 is 0 Å². The zero-order valence-corrected chi connectivity index (χ0v) is 12.9. The Morgan fingerprint density at radius 2 is 2.06 bits per heavy atom. The number of nitrogens with one attached hydrogen (secondary N) is 1. The van der Waals surface area contributed by atoms with Gasteiger partial charge in [-0.25, -0.2) is 0 Å². The van der Waals surface area contributed by atoms with Crippen LogP contribution in [-0.2, 0) is 0 Å². The molecule has 0 aliphatic carbocycles. The molecule has 1 atom stereocenters. The highest BCUT2D eigenvalue weighted by Crippen LogP contribution is 2.22. The topological polar surface area (TPSA) is 12.0 Å². The van der Waals surface area contributed by atoms with Crippen LogP contribution in [0.5, 0.6) is 0 Å². The minimum Gasteiger partial charge on any atom is -0.316 e. The molecule has 0 saturated heterocycles. The van der Waals surface area contributed by atoms with E-state index in [2.05, 4.69) is 59.0 Å². The Hall–Kier alpha value is -0.250. The molecule has 0 heterocycles. The SMILES string of the molecule is C=C(CC)CC(CSc1ccc(Br)cc1)NC. The first-order valence-corrected chi connectivity index (χ1v) is 7.65. The lowest BCUT2D eigenvalue weighted by molar-refractivity contribution is 0.607. The van der Waals surface area contributed by atoms with Crippen LogP contribution in [0.25, 0.3) is 0 Å². The molecule has 0 bridgehead atoms. The first kappa shape index (κ1) is 14.8. The van der Waals surface area contributed by atoms with Crippen molar-refractivity contribution in [2.75, 3.05) is 12.8 Å². The van der Waals surface area contributed by atoms with Crippen molar-refractivity contribution in [3.63, 3.8) is 0 Å². The summed E-state index contributed by atoms with van der Waals surface area (Å²) in [5, 5.41) is 3.36. The van der Waals surface area contributed by atoms with E-state index in [0.717, 1.165) is 23.1 Å². The van der Waals surface area contributed by atoms with Gasteiger partial charge in [-0.3, -0.25) is 0 Å². The largest absolute Gasteiger partial charge is 0.316 e. The molecule has 94 valence electrons. The number of halogens is 1. The molecule has 0 fully saturated rings. The second-order valence-corrected chi connectivity index (χ2v) is 6.07. The van der Waals surface area contributed by atoms with Crippen molar-refractivity contribution >= 4 is 27.7 Å². The number of hydrogen-bond acceptors (Lipinski definition) is 2. The Balaban J connectivity index is 2.42. The number of hydrogen-bond donors (Lipinski definition) is 1. The molecule has 0 aliphatic heterocycles. The fraction of sp³-hybridized carbons (Fsp3) is 0.429. The lowest BCUT2D eigenvalue weighted by Crippen LogP contribution is -2.28. The highest BCUT2D eigenvalue weighted by Gasteiger charge is 2.07. The molecular formula is C14H20BrNS. The summed E-state index contributed by atoms with van der Waals surface area (Å²) < 4.78 is 1.13. The molecule has 1 nitrogen and oxygen atoms in total. The van der Waals surface area contributed by atoms with Gasteiger partial charge in [-0.2, -0.15) is 0 Å². The average Bonchev–Trinajstić information content (AvgIpc) is 2.36. The molecule has 1 N–H and O–H groups in total. The minimum absolute atomic E-state index is 0.510. The first-order chi connectivity index (χ1) is 8.15. The molecule has 0 radical (unpaired) electrons. The van der Waals surface area contributed by atoms with E-state index >= 15 is 0 Å². The third kappa shape index (κ3) is 5.75. The molecule has 17 heavy (non-hydrogen) atoms. The van der Waals surface area contributed by atoms with Crippen LogP contribution in [0.15, 0.2) is 45.8 Å². The van der Waals surface area contributed by atoms with Crippen LogP contribution in [0.1, 0.15) is 19.8 Å². The third-order valence-corrected chi connectivity index (χ3v) is 4.41. The molecule has 3 heteroatoms. The van der Waals surface area contributed by atoms with Gasteiger partial charge in [0.25, 0.3) is 0 Å². The molecule has 1 unspecified atom stereocenters. The summed E-state index contributed by atoms with van der Waals surface area (Å²) in [6, 6.07) is 8.98. The van der Waals surface area contributed by atoms with Gasteiger partial charge in [0.2, 0.25) is 0 Å². The van der Waals surface area contributed by atoms with Crippen molar-refractivity contribution in [2.24, 2.45) is 0 Å². The molecule has 1 rings (SSSR count). The van der Waals surface area contributed by atoms with Gasteiger partial charge in [0.05, 0.1) is 0 Å². The maximum absolute atomic E-state index is 4.07. The summed E-state index contributed by atoms with van der Waals surface area (Å²) in [6.45, 7) is 6.24. The van der Waals surface area contributed by atoms with Crippen molar-refractivity contribution in [1.29, 1.82) is 0 Å². The van der Waals surface area contributed by atoms with Crippen LogP contribution in [0.4, 0.5) is 0 Å². The third-order valence-electron chi connectivity index (χ3n) is 2.71. The van der Waals surface area contributed by atoms with E-state index in [-0.39, 0.29) is 0 Å². The van der Waals surface area contributed by atoms with E-state index in [4.69, 9.17) is 0 Å². The summed E-state index contributed by atoms with van der Waals surface area (Å²) in [7, 11) is 2.02. The quantitative estimate of drug-likeness (QED) is 0.588. The van der Waals surface area contributed by atoms with E-state index in [0.29, 0.717) is 6.04 Å². The zero-order chi connectivity index (χ0) is 12.7. The van der Waals surface area contributed by atoms with Gasteiger partial charge in [-0.05, 0) is 44.2 Å². The van der Waals surface area contributed by atoms with Crippen molar-refractivity contribution in [3.8, 4) is 0 Å². The Bertz CT molecular complexity index is 348. The van der Waals surface area contributed by atoms with Crippen LogP contribution >= 0.6 is 27.7 Å². The summed E-state index contributed by atoms with van der Waals surface area (Å²) in [5.74, 6) is 1.08. The second kappa shape index (κ2) is 7.96. The summed E-state index contributed by atoms with van der Waals surface area (Å²) in [4.78, 5) is 1.32. The minimum atomic E-state index is 0.510. The van der Waals surface area contributed by atoms with Crippen molar-refractivity contribution in [3.05, 3.63) is 40.9 Å². The summed E-state index contributed by atoms with van der Waals surface area (Å²) >= 11 is 5.34. The first-order valence-electron chi connectivity index (χ1n) is 5.88. The predicted molar refractivity (Wildman–Crippen MR) is 81.8 cm³/mol. The maximum atomic E-state index is 4.07. The highest BCUT2D eigenvalue weighted by molar-refractivity contribution is 9.10. The molecule has 0 saturated carbocycles. The van der Waals surface area contributed by atoms with Gasteiger partial charge in [0.1, 0.15) is 0 Å². The Labute approximate surface area is 117 Å². The van der Waals surface area contributed by atoms with Crippen LogP contribution in [0, 0.1) is 0 Å². The number of rotatable bonds is 7. The van der Waals surface area contributed by atoms with Gasteiger partial charge in [0.15, 0.2) is 0 Å².